The summed E-state index contributed by atoms with van der Waals surface area (Å²) in [5, 5.41) is 3.87. The molecule has 124 valence electrons. The van der Waals surface area contributed by atoms with Crippen molar-refractivity contribution in [2.24, 2.45) is 0 Å². The molecule has 23 heavy (non-hydrogen) atoms. The van der Waals surface area contributed by atoms with E-state index in [0.29, 0.717) is 12.1 Å². The quantitative estimate of drug-likeness (QED) is 0.891. The van der Waals surface area contributed by atoms with Crippen molar-refractivity contribution in [1.82, 2.24) is 15.2 Å². The summed E-state index contributed by atoms with van der Waals surface area (Å²) in [5.41, 5.74) is 3.89. The van der Waals surface area contributed by atoms with Gasteiger partial charge in [-0.15, -0.1) is 0 Å². The van der Waals surface area contributed by atoms with E-state index in [1.807, 2.05) is 52.8 Å². The van der Waals surface area contributed by atoms with Gasteiger partial charge in [0.15, 0.2) is 0 Å². The number of hydrogen-bond acceptors (Lipinski definition) is 2. The summed E-state index contributed by atoms with van der Waals surface area (Å²) in [4.78, 5) is 29.5. The van der Waals surface area contributed by atoms with Gasteiger partial charge >= 0.3 is 0 Å². The number of H-pyrrole nitrogens is 1. The highest BCUT2D eigenvalue weighted by atomic mass is 16.2. The van der Waals surface area contributed by atoms with E-state index in [4.69, 9.17) is 0 Å². The lowest BCUT2D eigenvalue weighted by Gasteiger charge is -2.21. The zero-order valence-electron chi connectivity index (χ0n) is 14.5. The van der Waals surface area contributed by atoms with Crippen LogP contribution in [0.2, 0.25) is 0 Å². The molecule has 0 aliphatic rings. The Kier molecular flexibility index (Phi) is 5.08. The van der Waals surface area contributed by atoms with Gasteiger partial charge < -0.3 is 15.2 Å². The molecule has 0 fully saturated rings. The highest BCUT2D eigenvalue weighted by Gasteiger charge is 2.18. The van der Waals surface area contributed by atoms with E-state index < -0.39 is 0 Å². The number of likely N-dealkylation sites (N-methyl/N-ethyl adjacent to an activating group) is 1. The topological polar surface area (TPSA) is 65.2 Å². The molecule has 0 saturated heterocycles. The summed E-state index contributed by atoms with van der Waals surface area (Å²) in [6, 6.07) is 5.70. The zero-order chi connectivity index (χ0) is 17.1. The molecular weight excluding hydrogens is 290 g/mol. The fourth-order valence-electron chi connectivity index (χ4n) is 2.65. The van der Waals surface area contributed by atoms with Gasteiger partial charge in [0.25, 0.3) is 5.91 Å². The fraction of sp³-hybridized carbons (Fsp3) is 0.444. The van der Waals surface area contributed by atoms with Gasteiger partial charge in [-0.1, -0.05) is 0 Å². The largest absolute Gasteiger partial charge is 0.358 e. The monoisotopic (exact) mass is 315 g/mol. The summed E-state index contributed by atoms with van der Waals surface area (Å²) in [7, 11) is 0. The molecule has 0 spiro atoms. The number of hydrogen-bond donors (Lipinski definition) is 2. The van der Waals surface area contributed by atoms with Crippen molar-refractivity contribution in [1.29, 1.82) is 0 Å². The van der Waals surface area contributed by atoms with Crippen molar-refractivity contribution in [2.45, 2.75) is 40.7 Å². The maximum absolute atomic E-state index is 12.7. The maximum atomic E-state index is 12.7. The van der Waals surface area contributed by atoms with Crippen LogP contribution in [0.15, 0.2) is 18.2 Å². The number of fused-ring (bicyclic) bond motifs is 1. The summed E-state index contributed by atoms with van der Waals surface area (Å²) >= 11 is 0. The van der Waals surface area contributed by atoms with Crippen LogP contribution in [0.1, 0.15) is 42.4 Å². The minimum Gasteiger partial charge on any atom is -0.358 e. The first kappa shape index (κ1) is 17.1. The molecule has 0 saturated carbocycles. The Bertz CT molecular complexity index is 731. The highest BCUT2D eigenvalue weighted by Crippen LogP contribution is 2.23. The van der Waals surface area contributed by atoms with Gasteiger partial charge in [0.1, 0.15) is 0 Å². The average molecular weight is 315 g/mol. The Balaban J connectivity index is 2.23. The second kappa shape index (κ2) is 6.86. The van der Waals surface area contributed by atoms with E-state index in [1.54, 1.807) is 4.90 Å². The van der Waals surface area contributed by atoms with Crippen LogP contribution in [-0.4, -0.2) is 40.8 Å². The van der Waals surface area contributed by atoms with E-state index in [9.17, 15) is 9.59 Å². The van der Waals surface area contributed by atoms with E-state index in [1.165, 1.54) is 0 Å². The number of carbonyl (C=O) groups is 2. The first-order valence-electron chi connectivity index (χ1n) is 8.01. The average Bonchev–Trinajstić information content (AvgIpc) is 2.78. The number of nitrogens with zero attached hydrogens (tertiary/aromatic N) is 1. The molecule has 5 nitrogen and oxygen atoms in total. The van der Waals surface area contributed by atoms with Crippen LogP contribution in [0.25, 0.3) is 10.9 Å². The van der Waals surface area contributed by atoms with E-state index >= 15 is 0 Å². The molecular formula is C18H25N3O2. The third-order valence-electron chi connectivity index (χ3n) is 4.01. The molecule has 5 heteroatoms. The normalized spacial score (nSPS) is 11.0. The first-order valence-corrected chi connectivity index (χ1v) is 8.01. The van der Waals surface area contributed by atoms with Crippen molar-refractivity contribution in [3.63, 3.8) is 0 Å². The third kappa shape index (κ3) is 3.73. The van der Waals surface area contributed by atoms with Gasteiger partial charge in [0, 0.05) is 34.7 Å². The number of aromatic nitrogens is 1. The molecule has 1 heterocycles. The molecule has 1 aromatic heterocycles. The lowest BCUT2D eigenvalue weighted by molar-refractivity contribution is -0.122. The fourth-order valence-corrected chi connectivity index (χ4v) is 2.65. The van der Waals surface area contributed by atoms with Crippen molar-refractivity contribution >= 4 is 22.7 Å². The molecule has 0 aliphatic heterocycles. The standard InChI is InChI=1S/C18H25N3O2/c1-6-21(10-17(22)19-11(2)3)18(23)14-7-8-16-15(9-14)12(4)13(5)20-16/h7-9,11,20H,6,10H2,1-5H3,(H,19,22). The molecule has 2 aromatic rings. The lowest BCUT2D eigenvalue weighted by Crippen LogP contribution is -2.42. The van der Waals surface area contributed by atoms with Gasteiger partial charge in [-0.05, 0) is 58.4 Å². The third-order valence-corrected chi connectivity index (χ3v) is 4.01. The Labute approximate surface area is 137 Å². The predicted molar refractivity (Wildman–Crippen MR) is 92.6 cm³/mol. The molecule has 0 atom stereocenters. The lowest BCUT2D eigenvalue weighted by atomic mass is 10.1. The van der Waals surface area contributed by atoms with Crippen LogP contribution in [0, 0.1) is 13.8 Å². The van der Waals surface area contributed by atoms with E-state index in [-0.39, 0.29) is 24.4 Å². The van der Waals surface area contributed by atoms with Gasteiger partial charge in [0.2, 0.25) is 5.91 Å². The minimum absolute atomic E-state index is 0.0677. The van der Waals surface area contributed by atoms with Crippen molar-refractivity contribution in [3.05, 3.63) is 35.0 Å². The summed E-state index contributed by atoms with van der Waals surface area (Å²) in [6.07, 6.45) is 0. The zero-order valence-corrected chi connectivity index (χ0v) is 14.5. The number of nitrogens with one attached hydrogen (secondary N) is 2. The summed E-state index contributed by atoms with van der Waals surface area (Å²) in [5.74, 6) is -0.253. The summed E-state index contributed by atoms with van der Waals surface area (Å²) < 4.78 is 0. The van der Waals surface area contributed by atoms with Gasteiger partial charge in [-0.25, -0.2) is 0 Å². The molecule has 0 aliphatic carbocycles. The smallest absolute Gasteiger partial charge is 0.254 e. The molecule has 2 rings (SSSR count). The molecule has 2 amide bonds. The highest BCUT2D eigenvalue weighted by molar-refractivity contribution is 6.00. The number of rotatable bonds is 5. The molecule has 1 aromatic carbocycles. The Morgan fingerprint density at radius 2 is 1.96 bits per heavy atom. The number of aryl methyl sites for hydroxylation is 2. The predicted octanol–water partition coefficient (Wildman–Crippen LogP) is 2.77. The Hall–Kier alpha value is -2.30. The van der Waals surface area contributed by atoms with Crippen molar-refractivity contribution in [3.8, 4) is 0 Å². The minimum atomic E-state index is -0.134. The number of amides is 2. The molecule has 0 bridgehead atoms. The Morgan fingerprint density at radius 1 is 1.26 bits per heavy atom. The van der Waals surface area contributed by atoms with Crippen LogP contribution < -0.4 is 5.32 Å². The van der Waals surface area contributed by atoms with Crippen molar-refractivity contribution in [2.75, 3.05) is 13.1 Å². The second-order valence-electron chi connectivity index (χ2n) is 6.18. The van der Waals surface area contributed by atoms with Gasteiger partial charge in [-0.3, -0.25) is 9.59 Å². The molecule has 0 radical (unpaired) electrons. The second-order valence-corrected chi connectivity index (χ2v) is 6.18. The number of carbonyl (C=O) groups excluding carboxylic acids is 2. The van der Waals surface area contributed by atoms with Crippen LogP contribution in [0.4, 0.5) is 0 Å². The first-order chi connectivity index (χ1) is 10.8. The maximum Gasteiger partial charge on any atom is 0.254 e. The van der Waals surface area contributed by atoms with Gasteiger partial charge in [-0.2, -0.15) is 0 Å². The SMILES string of the molecule is CCN(CC(=O)NC(C)C)C(=O)c1ccc2[nH]c(C)c(C)c2c1. The summed E-state index contributed by atoms with van der Waals surface area (Å²) in [6.45, 7) is 10.3. The molecule has 2 N–H and O–H groups in total. The van der Waals surface area contributed by atoms with Gasteiger partial charge in [0.05, 0.1) is 6.54 Å². The van der Waals surface area contributed by atoms with Crippen LogP contribution >= 0.6 is 0 Å². The van der Waals surface area contributed by atoms with Crippen molar-refractivity contribution < 1.29 is 9.59 Å². The van der Waals surface area contributed by atoms with E-state index in [2.05, 4.69) is 10.3 Å². The molecule has 0 unspecified atom stereocenters. The number of aromatic amines is 1. The van der Waals surface area contributed by atoms with Crippen LogP contribution in [-0.2, 0) is 4.79 Å². The van der Waals surface area contributed by atoms with E-state index in [0.717, 1.165) is 22.2 Å². The van der Waals surface area contributed by atoms with Crippen LogP contribution in [0.5, 0.6) is 0 Å². The Morgan fingerprint density at radius 3 is 2.57 bits per heavy atom. The van der Waals surface area contributed by atoms with Crippen LogP contribution in [0.3, 0.4) is 0 Å². The number of benzene rings is 1.